The number of aromatic nitrogens is 2. The van der Waals surface area contributed by atoms with Crippen molar-refractivity contribution >= 4 is 38.5 Å². The van der Waals surface area contributed by atoms with Gasteiger partial charge in [-0.2, -0.15) is 0 Å². The summed E-state index contributed by atoms with van der Waals surface area (Å²) in [4.78, 5) is 8.98. The first-order valence-corrected chi connectivity index (χ1v) is 7.44. The van der Waals surface area contributed by atoms with Crippen LogP contribution in [0.2, 0.25) is 5.15 Å². The Hall–Kier alpha value is -1.39. The first-order valence-electron chi connectivity index (χ1n) is 6.27. The van der Waals surface area contributed by atoms with E-state index in [0.29, 0.717) is 11.0 Å². The van der Waals surface area contributed by atoms with Gasteiger partial charge in [0, 0.05) is 5.39 Å². The highest BCUT2D eigenvalue weighted by Crippen LogP contribution is 2.34. The van der Waals surface area contributed by atoms with Gasteiger partial charge in [0.05, 0.1) is 15.7 Å². The van der Waals surface area contributed by atoms with Crippen molar-refractivity contribution in [2.75, 3.05) is 0 Å². The summed E-state index contributed by atoms with van der Waals surface area (Å²) in [6, 6.07) is 7.81. The molecule has 0 amide bonds. The minimum atomic E-state index is 0.252. The molecule has 0 atom stereocenters. The van der Waals surface area contributed by atoms with Crippen LogP contribution in [0.1, 0.15) is 25.5 Å². The van der Waals surface area contributed by atoms with Crippen molar-refractivity contribution in [3.8, 4) is 11.4 Å². The molecule has 3 aromatic rings. The predicted octanol–water partition coefficient (Wildman–Crippen LogP) is 5.43. The van der Waals surface area contributed by atoms with Crippen LogP contribution in [0, 0.1) is 0 Å². The summed E-state index contributed by atoms with van der Waals surface area (Å²) < 4.78 is 6.29. The molecule has 2 heterocycles. The van der Waals surface area contributed by atoms with Crippen molar-refractivity contribution in [1.29, 1.82) is 0 Å². The summed E-state index contributed by atoms with van der Waals surface area (Å²) in [5, 5.41) is 1.41. The largest absolute Gasteiger partial charge is 0.464 e. The van der Waals surface area contributed by atoms with Gasteiger partial charge in [-0.1, -0.05) is 43.6 Å². The van der Waals surface area contributed by atoms with Gasteiger partial charge in [0.15, 0.2) is 5.82 Å². The summed E-state index contributed by atoms with van der Waals surface area (Å²) in [7, 11) is 0. The molecule has 102 valence electrons. The lowest BCUT2D eigenvalue weighted by Gasteiger charge is -2.10. The number of para-hydroxylation sites is 1. The standard InChI is InChI=1S/C15H12BrClN2O/c1-8(2)13-12(16)14(17)19-15(18-13)10-7-20-11-6-4-3-5-9(10)11/h3-8H,1-2H3. The zero-order chi connectivity index (χ0) is 14.3. The molecule has 5 heteroatoms. The van der Waals surface area contributed by atoms with Crippen molar-refractivity contribution in [3.05, 3.63) is 45.8 Å². The van der Waals surface area contributed by atoms with Gasteiger partial charge in [-0.3, -0.25) is 0 Å². The molecule has 0 saturated carbocycles. The van der Waals surface area contributed by atoms with E-state index in [1.54, 1.807) is 6.26 Å². The van der Waals surface area contributed by atoms with E-state index in [9.17, 15) is 0 Å². The van der Waals surface area contributed by atoms with Crippen molar-refractivity contribution < 1.29 is 4.42 Å². The lowest BCUT2D eigenvalue weighted by atomic mass is 10.1. The van der Waals surface area contributed by atoms with Crippen LogP contribution in [0.25, 0.3) is 22.4 Å². The van der Waals surface area contributed by atoms with Gasteiger partial charge in [0.1, 0.15) is 17.0 Å². The fourth-order valence-electron chi connectivity index (χ4n) is 2.09. The van der Waals surface area contributed by atoms with Crippen LogP contribution in [0.3, 0.4) is 0 Å². The molecule has 0 aliphatic rings. The Morgan fingerprint density at radius 2 is 1.95 bits per heavy atom. The van der Waals surface area contributed by atoms with Gasteiger partial charge >= 0.3 is 0 Å². The molecule has 0 N–H and O–H groups in total. The third kappa shape index (κ3) is 2.23. The number of benzene rings is 1. The number of rotatable bonds is 2. The lowest BCUT2D eigenvalue weighted by Crippen LogP contribution is -2.00. The zero-order valence-corrected chi connectivity index (χ0v) is 13.4. The van der Waals surface area contributed by atoms with E-state index in [0.717, 1.165) is 26.7 Å². The molecule has 3 rings (SSSR count). The van der Waals surface area contributed by atoms with E-state index in [-0.39, 0.29) is 5.92 Å². The van der Waals surface area contributed by atoms with Gasteiger partial charge in [-0.25, -0.2) is 9.97 Å². The maximum absolute atomic E-state index is 6.20. The highest BCUT2D eigenvalue weighted by molar-refractivity contribution is 9.10. The normalized spacial score (nSPS) is 11.4. The smallest absolute Gasteiger partial charge is 0.165 e. The molecule has 0 radical (unpaired) electrons. The monoisotopic (exact) mass is 350 g/mol. The quantitative estimate of drug-likeness (QED) is 0.578. The molecule has 0 aliphatic carbocycles. The Balaban J connectivity index is 2.24. The highest BCUT2D eigenvalue weighted by atomic mass is 79.9. The molecule has 0 aliphatic heterocycles. The van der Waals surface area contributed by atoms with Crippen LogP contribution in [0.4, 0.5) is 0 Å². The third-order valence-electron chi connectivity index (χ3n) is 3.11. The SMILES string of the molecule is CC(C)c1nc(-c2coc3ccccc23)nc(Cl)c1Br. The van der Waals surface area contributed by atoms with Crippen LogP contribution < -0.4 is 0 Å². The van der Waals surface area contributed by atoms with Gasteiger partial charge in [-0.15, -0.1) is 0 Å². The summed E-state index contributed by atoms with van der Waals surface area (Å²) in [5.74, 6) is 0.841. The Kier molecular flexibility index (Phi) is 3.52. The summed E-state index contributed by atoms with van der Waals surface area (Å²) >= 11 is 9.65. The molecule has 0 fully saturated rings. The second-order valence-corrected chi connectivity index (χ2v) is 5.99. The lowest BCUT2D eigenvalue weighted by molar-refractivity contribution is 0.616. The van der Waals surface area contributed by atoms with Crippen molar-refractivity contribution in [2.45, 2.75) is 19.8 Å². The Bertz CT molecular complexity index is 783. The van der Waals surface area contributed by atoms with Crippen LogP contribution in [-0.2, 0) is 0 Å². The first-order chi connectivity index (χ1) is 9.58. The van der Waals surface area contributed by atoms with Gasteiger partial charge in [0.2, 0.25) is 0 Å². The van der Waals surface area contributed by atoms with Gasteiger partial charge < -0.3 is 4.42 Å². The van der Waals surface area contributed by atoms with Crippen molar-refractivity contribution in [1.82, 2.24) is 9.97 Å². The topological polar surface area (TPSA) is 38.9 Å². The van der Waals surface area contributed by atoms with Gasteiger partial charge in [0.25, 0.3) is 0 Å². The molecule has 2 aromatic heterocycles. The first kappa shape index (κ1) is 13.6. The Morgan fingerprint density at radius 1 is 1.20 bits per heavy atom. The number of hydrogen-bond acceptors (Lipinski definition) is 3. The van der Waals surface area contributed by atoms with Gasteiger partial charge in [-0.05, 0) is 27.9 Å². The maximum Gasteiger partial charge on any atom is 0.165 e. The predicted molar refractivity (Wildman–Crippen MR) is 84.0 cm³/mol. The molecule has 20 heavy (non-hydrogen) atoms. The molecule has 0 unspecified atom stereocenters. The summed E-state index contributed by atoms with van der Waals surface area (Å²) in [6.07, 6.45) is 1.67. The molecular weight excluding hydrogens is 340 g/mol. The van der Waals surface area contributed by atoms with Crippen molar-refractivity contribution in [2.24, 2.45) is 0 Å². The van der Waals surface area contributed by atoms with Crippen LogP contribution in [0.5, 0.6) is 0 Å². The fourth-order valence-corrected chi connectivity index (χ4v) is 2.90. The van der Waals surface area contributed by atoms with Crippen LogP contribution in [-0.4, -0.2) is 9.97 Å². The highest BCUT2D eigenvalue weighted by Gasteiger charge is 2.17. The minimum Gasteiger partial charge on any atom is -0.464 e. The second-order valence-electron chi connectivity index (χ2n) is 4.84. The van der Waals surface area contributed by atoms with Crippen molar-refractivity contribution in [3.63, 3.8) is 0 Å². The maximum atomic E-state index is 6.20. The zero-order valence-electron chi connectivity index (χ0n) is 11.0. The average molecular weight is 352 g/mol. The summed E-state index contributed by atoms with van der Waals surface area (Å²) in [6.45, 7) is 4.14. The number of fused-ring (bicyclic) bond motifs is 1. The molecule has 0 spiro atoms. The Labute approximate surface area is 130 Å². The molecule has 3 nitrogen and oxygen atoms in total. The molecule has 0 bridgehead atoms. The van der Waals surface area contributed by atoms with Crippen LogP contribution >= 0.6 is 27.5 Å². The van der Waals surface area contributed by atoms with E-state index in [4.69, 9.17) is 16.0 Å². The van der Waals surface area contributed by atoms with E-state index >= 15 is 0 Å². The number of furan rings is 1. The molecule has 1 aromatic carbocycles. The number of halogens is 2. The third-order valence-corrected chi connectivity index (χ3v) is 4.39. The number of nitrogens with zero attached hydrogens (tertiary/aromatic N) is 2. The van der Waals surface area contributed by atoms with Crippen LogP contribution in [0.15, 0.2) is 39.4 Å². The van der Waals surface area contributed by atoms with E-state index in [2.05, 4.69) is 39.7 Å². The fraction of sp³-hybridized carbons (Fsp3) is 0.200. The molecule has 0 saturated heterocycles. The minimum absolute atomic E-state index is 0.252. The van der Waals surface area contributed by atoms with E-state index < -0.39 is 0 Å². The summed E-state index contributed by atoms with van der Waals surface area (Å²) in [5.41, 5.74) is 2.57. The second kappa shape index (κ2) is 5.19. The Morgan fingerprint density at radius 3 is 2.70 bits per heavy atom. The van der Waals surface area contributed by atoms with E-state index in [1.807, 2.05) is 24.3 Å². The average Bonchev–Trinajstić information content (AvgIpc) is 2.85. The number of hydrogen-bond donors (Lipinski definition) is 0. The molecular formula is C15H12BrClN2O. The van der Waals surface area contributed by atoms with E-state index in [1.165, 1.54) is 0 Å².